The quantitative estimate of drug-likeness (QED) is 0.614. The molecule has 2 aromatic carbocycles. The number of carbonyl (C=O) groups is 1. The first kappa shape index (κ1) is 12.2. The number of carbonyl (C=O) groups excluding carboxylic acids is 1. The van der Waals surface area contributed by atoms with Crippen molar-refractivity contribution in [1.29, 1.82) is 0 Å². The lowest BCUT2D eigenvalue weighted by Gasteiger charge is -2.07. The molecule has 0 bridgehead atoms. The molecule has 2 rings (SSSR count). The number of hydrogen-bond donors (Lipinski definition) is 0. The fourth-order valence-electron chi connectivity index (χ4n) is 1.32. The van der Waals surface area contributed by atoms with E-state index in [0.717, 1.165) is 0 Å². The summed E-state index contributed by atoms with van der Waals surface area (Å²) in [6, 6.07) is 6.79. The van der Waals surface area contributed by atoms with Crippen LogP contribution in [0.25, 0.3) is 0 Å². The summed E-state index contributed by atoms with van der Waals surface area (Å²) in [5.74, 6) is -3.70. The maximum absolute atomic E-state index is 13.3. The molecule has 2 nitrogen and oxygen atoms in total. The normalized spacial score (nSPS) is 10.2. The molecule has 0 saturated carbocycles. The Balaban J connectivity index is 2.27. The third-order valence-electron chi connectivity index (χ3n) is 2.22. The third kappa shape index (κ3) is 2.51. The number of rotatable bonds is 3. The van der Waals surface area contributed by atoms with Crippen LogP contribution in [0.3, 0.4) is 0 Å². The zero-order valence-corrected chi connectivity index (χ0v) is 8.99. The first-order valence-electron chi connectivity index (χ1n) is 4.98. The van der Waals surface area contributed by atoms with Gasteiger partial charge in [0.25, 0.3) is 0 Å². The van der Waals surface area contributed by atoms with Gasteiger partial charge in [0, 0.05) is 17.7 Å². The van der Waals surface area contributed by atoms with Gasteiger partial charge in [-0.25, -0.2) is 13.2 Å². The van der Waals surface area contributed by atoms with Crippen LogP contribution in [-0.2, 0) is 0 Å². The van der Waals surface area contributed by atoms with E-state index in [9.17, 15) is 18.0 Å². The van der Waals surface area contributed by atoms with Gasteiger partial charge in [0.2, 0.25) is 0 Å². The van der Waals surface area contributed by atoms with E-state index < -0.39 is 23.2 Å². The van der Waals surface area contributed by atoms with Crippen molar-refractivity contribution in [3.63, 3.8) is 0 Å². The molecule has 0 unspecified atom stereocenters. The summed E-state index contributed by atoms with van der Waals surface area (Å²) in [5.41, 5.74) is 0.424. The minimum atomic E-state index is -1.28. The van der Waals surface area contributed by atoms with Gasteiger partial charge in [-0.1, -0.05) is 0 Å². The molecule has 0 aromatic heterocycles. The van der Waals surface area contributed by atoms with Gasteiger partial charge in [-0.3, -0.25) is 4.79 Å². The van der Waals surface area contributed by atoms with Crippen LogP contribution in [-0.4, -0.2) is 6.29 Å². The van der Waals surface area contributed by atoms with E-state index >= 15 is 0 Å². The summed E-state index contributed by atoms with van der Waals surface area (Å²) < 4.78 is 43.9. The zero-order valence-electron chi connectivity index (χ0n) is 8.99. The van der Waals surface area contributed by atoms with Crippen LogP contribution in [0.1, 0.15) is 10.4 Å². The van der Waals surface area contributed by atoms with Crippen LogP contribution >= 0.6 is 0 Å². The van der Waals surface area contributed by atoms with Crippen molar-refractivity contribution in [1.82, 2.24) is 0 Å². The molecular weight excluding hydrogens is 245 g/mol. The Kier molecular flexibility index (Phi) is 3.32. The molecule has 0 aliphatic rings. The zero-order chi connectivity index (χ0) is 13.1. The highest BCUT2D eigenvalue weighted by atomic mass is 19.2. The van der Waals surface area contributed by atoms with Crippen molar-refractivity contribution in [3.05, 3.63) is 59.4 Å². The Morgan fingerprint density at radius 3 is 2.11 bits per heavy atom. The first-order valence-corrected chi connectivity index (χ1v) is 4.98. The number of halogens is 3. The monoisotopic (exact) mass is 252 g/mol. The number of aldehydes is 1. The van der Waals surface area contributed by atoms with Crippen molar-refractivity contribution in [2.45, 2.75) is 0 Å². The van der Waals surface area contributed by atoms with Gasteiger partial charge in [-0.2, -0.15) is 0 Å². The fourth-order valence-corrected chi connectivity index (χ4v) is 1.32. The lowest BCUT2D eigenvalue weighted by molar-refractivity contribution is 0.112. The number of benzene rings is 2. The Bertz CT molecular complexity index is 580. The smallest absolute Gasteiger partial charge is 0.168 e. The van der Waals surface area contributed by atoms with Gasteiger partial charge in [0.15, 0.2) is 23.2 Å². The second kappa shape index (κ2) is 4.91. The Morgan fingerprint density at radius 2 is 1.50 bits per heavy atom. The minimum absolute atomic E-state index is 0.213. The predicted octanol–water partition coefficient (Wildman–Crippen LogP) is 3.71. The Hall–Kier alpha value is -2.30. The Labute approximate surface area is 101 Å². The molecule has 5 heteroatoms. The maximum atomic E-state index is 13.3. The van der Waals surface area contributed by atoms with Gasteiger partial charge in [-0.15, -0.1) is 0 Å². The molecule has 0 N–H and O–H groups in total. The molecule has 18 heavy (non-hydrogen) atoms. The molecule has 0 aliphatic carbocycles. The van der Waals surface area contributed by atoms with Crippen LogP contribution in [0.2, 0.25) is 0 Å². The van der Waals surface area contributed by atoms with Crippen molar-refractivity contribution >= 4 is 6.29 Å². The largest absolute Gasteiger partial charge is 0.454 e. The summed E-state index contributed by atoms with van der Waals surface area (Å²) in [6.45, 7) is 0. The highest BCUT2D eigenvalue weighted by Gasteiger charge is 2.11. The van der Waals surface area contributed by atoms with E-state index in [0.29, 0.717) is 24.0 Å². The predicted molar refractivity (Wildman–Crippen MR) is 58.2 cm³/mol. The topological polar surface area (TPSA) is 26.3 Å². The van der Waals surface area contributed by atoms with Gasteiger partial charge in [-0.05, 0) is 24.3 Å². The van der Waals surface area contributed by atoms with Crippen molar-refractivity contribution < 1.29 is 22.7 Å². The van der Waals surface area contributed by atoms with Crippen molar-refractivity contribution in [3.8, 4) is 11.5 Å². The lowest BCUT2D eigenvalue weighted by Crippen LogP contribution is -1.93. The van der Waals surface area contributed by atoms with E-state index in [1.807, 2.05) is 0 Å². The van der Waals surface area contributed by atoms with Gasteiger partial charge >= 0.3 is 0 Å². The summed E-state index contributed by atoms with van der Waals surface area (Å²) in [7, 11) is 0. The maximum Gasteiger partial charge on any atom is 0.168 e. The minimum Gasteiger partial charge on any atom is -0.454 e. The number of hydrogen-bond acceptors (Lipinski definition) is 2. The van der Waals surface area contributed by atoms with Gasteiger partial charge in [0.05, 0.1) is 0 Å². The van der Waals surface area contributed by atoms with Crippen LogP contribution in [0, 0.1) is 17.5 Å². The lowest BCUT2D eigenvalue weighted by atomic mass is 10.2. The molecule has 0 radical (unpaired) electrons. The molecule has 92 valence electrons. The highest BCUT2D eigenvalue weighted by molar-refractivity contribution is 5.74. The summed E-state index contributed by atoms with van der Waals surface area (Å²) in [4.78, 5) is 10.4. The number of ether oxygens (including phenoxy) is 1. The first-order chi connectivity index (χ1) is 8.60. The molecular formula is C13H7F3O2. The molecule has 2 aromatic rings. The molecule has 0 fully saturated rings. The molecule has 0 saturated heterocycles. The highest BCUT2D eigenvalue weighted by Crippen LogP contribution is 2.26. The molecule has 0 aliphatic heterocycles. The van der Waals surface area contributed by atoms with Crippen molar-refractivity contribution in [2.24, 2.45) is 0 Å². The standard InChI is InChI=1S/C13H7F3O2/c14-10-5-12(16)13(6-11(10)15)18-9-3-1-8(7-17)2-4-9/h1-7H. The van der Waals surface area contributed by atoms with E-state index in [4.69, 9.17) is 4.74 Å². The second-order valence-corrected chi connectivity index (χ2v) is 3.49. The third-order valence-corrected chi connectivity index (χ3v) is 2.22. The van der Waals surface area contributed by atoms with E-state index in [2.05, 4.69) is 0 Å². The van der Waals surface area contributed by atoms with Gasteiger partial charge < -0.3 is 4.74 Å². The van der Waals surface area contributed by atoms with Crippen LogP contribution in [0.15, 0.2) is 36.4 Å². The Morgan fingerprint density at radius 1 is 0.889 bits per heavy atom. The fraction of sp³-hybridized carbons (Fsp3) is 0. The van der Waals surface area contributed by atoms with E-state index in [1.165, 1.54) is 24.3 Å². The average molecular weight is 252 g/mol. The van der Waals surface area contributed by atoms with E-state index in [-0.39, 0.29) is 5.75 Å². The molecule has 0 atom stereocenters. The second-order valence-electron chi connectivity index (χ2n) is 3.49. The summed E-state index contributed by atoms with van der Waals surface area (Å²) in [6.07, 6.45) is 0.641. The molecule has 0 spiro atoms. The van der Waals surface area contributed by atoms with Crippen LogP contribution < -0.4 is 4.74 Å². The van der Waals surface area contributed by atoms with E-state index in [1.54, 1.807) is 0 Å². The van der Waals surface area contributed by atoms with Gasteiger partial charge in [0.1, 0.15) is 12.0 Å². The molecule has 0 heterocycles. The summed E-state index contributed by atoms with van der Waals surface area (Å²) in [5, 5.41) is 0. The average Bonchev–Trinajstić information content (AvgIpc) is 2.37. The van der Waals surface area contributed by atoms with Crippen LogP contribution in [0.5, 0.6) is 11.5 Å². The molecule has 0 amide bonds. The van der Waals surface area contributed by atoms with Crippen LogP contribution in [0.4, 0.5) is 13.2 Å². The van der Waals surface area contributed by atoms with Crippen molar-refractivity contribution in [2.75, 3.05) is 0 Å². The summed E-state index contributed by atoms with van der Waals surface area (Å²) >= 11 is 0. The SMILES string of the molecule is O=Cc1ccc(Oc2cc(F)c(F)cc2F)cc1.